The number of methoxy groups -OCH3 is 1. The van der Waals surface area contributed by atoms with E-state index in [4.69, 9.17) is 4.74 Å². The van der Waals surface area contributed by atoms with Crippen LogP contribution in [0, 0.1) is 6.92 Å². The highest BCUT2D eigenvalue weighted by Crippen LogP contribution is 2.31. The molecule has 1 amide bonds. The van der Waals surface area contributed by atoms with Gasteiger partial charge in [0, 0.05) is 12.5 Å². The third-order valence-corrected chi connectivity index (χ3v) is 4.33. The summed E-state index contributed by atoms with van der Waals surface area (Å²) in [5, 5.41) is 6.95. The highest BCUT2D eigenvalue weighted by atomic mass is 19.4. The average molecular weight is 403 g/mol. The molecule has 3 rings (SSSR count). The molecule has 0 fully saturated rings. The van der Waals surface area contributed by atoms with Crippen molar-refractivity contribution < 1.29 is 22.7 Å². The van der Waals surface area contributed by atoms with Crippen molar-refractivity contribution in [2.24, 2.45) is 0 Å². The molecule has 0 saturated heterocycles. The highest BCUT2D eigenvalue weighted by molar-refractivity contribution is 5.90. The maximum absolute atomic E-state index is 13.0. The molecule has 0 spiro atoms. The zero-order chi connectivity index (χ0) is 21.0. The van der Waals surface area contributed by atoms with Gasteiger partial charge in [-0.3, -0.25) is 4.79 Å². The summed E-state index contributed by atoms with van der Waals surface area (Å²) >= 11 is 0. The standard InChI is InChI=1S/C21H20F3N3O2/c1-14-12-19(25-20(28)11-10-15-6-3-4-9-18(15)29-2)27(26-14)17-8-5-7-16(13-17)21(22,23)24/h3-9,12-13H,10-11H2,1-2H3,(H,25,28). The number of para-hydroxylation sites is 1. The zero-order valence-electron chi connectivity index (χ0n) is 16.0. The summed E-state index contributed by atoms with van der Waals surface area (Å²) < 4.78 is 45.6. The fraction of sp³-hybridized carbons (Fsp3) is 0.238. The van der Waals surface area contributed by atoms with Gasteiger partial charge in [0.15, 0.2) is 0 Å². The van der Waals surface area contributed by atoms with Gasteiger partial charge in [-0.15, -0.1) is 0 Å². The van der Waals surface area contributed by atoms with Crippen LogP contribution in [0.5, 0.6) is 5.75 Å². The number of hydrogen-bond donors (Lipinski definition) is 1. The number of anilines is 1. The smallest absolute Gasteiger partial charge is 0.416 e. The lowest BCUT2D eigenvalue weighted by Gasteiger charge is -2.12. The molecule has 3 aromatic rings. The van der Waals surface area contributed by atoms with Gasteiger partial charge in [-0.05, 0) is 43.2 Å². The van der Waals surface area contributed by atoms with Crippen molar-refractivity contribution in [3.05, 3.63) is 71.4 Å². The van der Waals surface area contributed by atoms with Gasteiger partial charge in [0.1, 0.15) is 11.6 Å². The third-order valence-electron chi connectivity index (χ3n) is 4.33. The van der Waals surface area contributed by atoms with E-state index in [0.717, 1.165) is 17.7 Å². The van der Waals surface area contributed by atoms with Gasteiger partial charge in [0.2, 0.25) is 5.91 Å². The number of amides is 1. The van der Waals surface area contributed by atoms with Gasteiger partial charge < -0.3 is 10.1 Å². The Morgan fingerprint density at radius 1 is 1.14 bits per heavy atom. The lowest BCUT2D eigenvalue weighted by molar-refractivity contribution is -0.137. The van der Waals surface area contributed by atoms with E-state index in [-0.39, 0.29) is 18.0 Å². The number of ether oxygens (including phenoxy) is 1. The summed E-state index contributed by atoms with van der Waals surface area (Å²) in [5.74, 6) is 0.737. The molecule has 0 unspecified atom stereocenters. The Bertz CT molecular complexity index is 1010. The van der Waals surface area contributed by atoms with Crippen molar-refractivity contribution in [1.29, 1.82) is 0 Å². The predicted molar refractivity (Wildman–Crippen MR) is 103 cm³/mol. The van der Waals surface area contributed by atoms with Gasteiger partial charge in [-0.25, -0.2) is 4.68 Å². The third kappa shape index (κ3) is 4.96. The van der Waals surface area contributed by atoms with Crippen LogP contribution in [0.4, 0.5) is 19.0 Å². The average Bonchev–Trinajstić information content (AvgIpc) is 3.06. The SMILES string of the molecule is COc1ccccc1CCC(=O)Nc1cc(C)nn1-c1cccc(C(F)(F)F)c1. The maximum Gasteiger partial charge on any atom is 0.416 e. The van der Waals surface area contributed by atoms with E-state index >= 15 is 0 Å². The Hall–Kier alpha value is -3.29. The van der Waals surface area contributed by atoms with Crippen LogP contribution >= 0.6 is 0 Å². The Balaban J connectivity index is 1.76. The minimum atomic E-state index is -4.46. The van der Waals surface area contributed by atoms with E-state index in [1.165, 1.54) is 16.8 Å². The molecule has 0 saturated carbocycles. The quantitative estimate of drug-likeness (QED) is 0.645. The van der Waals surface area contributed by atoms with Crippen molar-refractivity contribution >= 4 is 11.7 Å². The Morgan fingerprint density at radius 3 is 2.62 bits per heavy atom. The van der Waals surface area contributed by atoms with Gasteiger partial charge >= 0.3 is 6.18 Å². The van der Waals surface area contributed by atoms with Crippen LogP contribution in [-0.2, 0) is 17.4 Å². The molecular formula is C21H20F3N3O2. The van der Waals surface area contributed by atoms with Crippen LogP contribution in [0.1, 0.15) is 23.2 Å². The van der Waals surface area contributed by atoms with Crippen LogP contribution in [0.15, 0.2) is 54.6 Å². The van der Waals surface area contributed by atoms with Crippen molar-refractivity contribution in [2.45, 2.75) is 25.9 Å². The Kier molecular flexibility index (Phi) is 5.91. The lowest BCUT2D eigenvalue weighted by atomic mass is 10.1. The van der Waals surface area contributed by atoms with Crippen molar-refractivity contribution in [3.63, 3.8) is 0 Å². The van der Waals surface area contributed by atoms with Crippen LogP contribution in [0.3, 0.4) is 0 Å². The van der Waals surface area contributed by atoms with Crippen molar-refractivity contribution in [3.8, 4) is 11.4 Å². The number of aromatic nitrogens is 2. The van der Waals surface area contributed by atoms with E-state index in [9.17, 15) is 18.0 Å². The number of alkyl halides is 3. The summed E-state index contributed by atoms with van der Waals surface area (Å²) in [6.07, 6.45) is -3.81. The number of carbonyl (C=O) groups is 1. The van der Waals surface area contributed by atoms with Crippen LogP contribution < -0.4 is 10.1 Å². The summed E-state index contributed by atoms with van der Waals surface area (Å²) in [6, 6.07) is 13.8. The Morgan fingerprint density at radius 2 is 1.90 bits per heavy atom. The van der Waals surface area contributed by atoms with E-state index in [1.54, 1.807) is 20.1 Å². The molecule has 1 aromatic heterocycles. The molecule has 0 aliphatic rings. The molecule has 0 bridgehead atoms. The summed E-state index contributed by atoms with van der Waals surface area (Å²) in [6.45, 7) is 1.70. The first-order valence-electron chi connectivity index (χ1n) is 8.94. The number of aryl methyl sites for hydroxylation is 2. The first-order valence-corrected chi connectivity index (χ1v) is 8.94. The summed E-state index contributed by atoms with van der Waals surface area (Å²) in [5.41, 5.74) is 0.903. The molecule has 1 heterocycles. The molecule has 29 heavy (non-hydrogen) atoms. The monoisotopic (exact) mass is 403 g/mol. The summed E-state index contributed by atoms with van der Waals surface area (Å²) in [7, 11) is 1.56. The molecule has 0 aliphatic heterocycles. The number of halogens is 3. The second-order valence-corrected chi connectivity index (χ2v) is 6.49. The molecule has 1 N–H and O–H groups in total. The van der Waals surface area contributed by atoms with Crippen molar-refractivity contribution in [2.75, 3.05) is 12.4 Å². The molecule has 8 heteroatoms. The number of carbonyl (C=O) groups excluding carboxylic acids is 1. The van der Waals surface area contributed by atoms with Crippen molar-refractivity contribution in [1.82, 2.24) is 9.78 Å². The minimum Gasteiger partial charge on any atom is -0.496 e. The van der Waals surface area contributed by atoms with Gasteiger partial charge in [0.25, 0.3) is 0 Å². The van der Waals surface area contributed by atoms with Gasteiger partial charge in [-0.1, -0.05) is 24.3 Å². The highest BCUT2D eigenvalue weighted by Gasteiger charge is 2.30. The maximum atomic E-state index is 13.0. The number of benzene rings is 2. The molecule has 5 nitrogen and oxygen atoms in total. The van der Waals surface area contributed by atoms with E-state index in [2.05, 4.69) is 10.4 Å². The second-order valence-electron chi connectivity index (χ2n) is 6.49. The molecule has 0 aliphatic carbocycles. The van der Waals surface area contributed by atoms with Crippen LogP contribution in [0.25, 0.3) is 5.69 Å². The fourth-order valence-corrected chi connectivity index (χ4v) is 2.96. The summed E-state index contributed by atoms with van der Waals surface area (Å²) in [4.78, 5) is 12.4. The fourth-order valence-electron chi connectivity index (χ4n) is 2.96. The molecular weight excluding hydrogens is 383 g/mol. The minimum absolute atomic E-state index is 0.188. The number of nitrogens with one attached hydrogen (secondary N) is 1. The first-order chi connectivity index (χ1) is 13.8. The first kappa shape index (κ1) is 20.4. The van der Waals surface area contributed by atoms with E-state index < -0.39 is 11.7 Å². The molecule has 0 atom stereocenters. The van der Waals surface area contributed by atoms with Gasteiger partial charge in [-0.2, -0.15) is 18.3 Å². The zero-order valence-corrected chi connectivity index (χ0v) is 16.0. The number of hydrogen-bond acceptors (Lipinski definition) is 3. The Labute approximate surface area is 166 Å². The predicted octanol–water partition coefficient (Wildman–Crippen LogP) is 4.78. The van der Waals surface area contributed by atoms with Gasteiger partial charge in [0.05, 0.1) is 24.1 Å². The molecule has 2 aromatic carbocycles. The normalized spacial score (nSPS) is 11.3. The topological polar surface area (TPSA) is 56.1 Å². The number of rotatable bonds is 6. The second kappa shape index (κ2) is 8.38. The lowest BCUT2D eigenvalue weighted by Crippen LogP contribution is -2.16. The van der Waals surface area contributed by atoms with Crippen LogP contribution in [0.2, 0.25) is 0 Å². The van der Waals surface area contributed by atoms with Crippen LogP contribution in [-0.4, -0.2) is 22.8 Å². The van der Waals surface area contributed by atoms with E-state index in [0.29, 0.717) is 23.7 Å². The number of nitrogens with zero attached hydrogens (tertiary/aromatic N) is 2. The van der Waals surface area contributed by atoms with E-state index in [1.807, 2.05) is 24.3 Å². The molecule has 152 valence electrons. The molecule has 0 radical (unpaired) electrons. The largest absolute Gasteiger partial charge is 0.496 e.